The van der Waals surface area contributed by atoms with Crippen molar-refractivity contribution in [2.45, 2.75) is 31.7 Å². The maximum absolute atomic E-state index is 11.9. The average Bonchev–Trinajstić information content (AvgIpc) is 3.17. The van der Waals surface area contributed by atoms with Crippen LogP contribution in [0.2, 0.25) is 0 Å². The molecule has 0 saturated carbocycles. The van der Waals surface area contributed by atoms with Crippen LogP contribution in [-0.2, 0) is 11.2 Å². The van der Waals surface area contributed by atoms with E-state index in [-0.39, 0.29) is 11.9 Å². The van der Waals surface area contributed by atoms with Crippen molar-refractivity contribution in [1.29, 1.82) is 0 Å². The van der Waals surface area contributed by atoms with Gasteiger partial charge in [0.05, 0.1) is 12.3 Å². The molecule has 1 amide bonds. The molecule has 1 N–H and O–H groups in total. The minimum atomic E-state index is 0.0741. The van der Waals surface area contributed by atoms with Gasteiger partial charge in [-0.3, -0.25) is 9.69 Å². The van der Waals surface area contributed by atoms with E-state index in [0.29, 0.717) is 13.0 Å². The zero-order valence-electron chi connectivity index (χ0n) is 13.2. The van der Waals surface area contributed by atoms with Crippen molar-refractivity contribution >= 4 is 17.2 Å². The molecule has 0 spiro atoms. The quantitative estimate of drug-likeness (QED) is 0.720. The average molecular weight is 320 g/mol. The number of hydrogen-bond donors (Lipinski definition) is 1. The van der Waals surface area contributed by atoms with Gasteiger partial charge in [-0.15, -0.1) is 11.3 Å². The highest BCUT2D eigenvalue weighted by molar-refractivity contribution is 7.09. The molecule has 5 heteroatoms. The fourth-order valence-electron chi connectivity index (χ4n) is 2.36. The molecule has 2 heterocycles. The Morgan fingerprint density at radius 2 is 2.18 bits per heavy atom. The van der Waals surface area contributed by atoms with Crippen molar-refractivity contribution in [3.05, 3.63) is 46.5 Å². The van der Waals surface area contributed by atoms with Gasteiger partial charge in [-0.05, 0) is 56.9 Å². The van der Waals surface area contributed by atoms with E-state index in [2.05, 4.69) is 27.7 Å². The molecule has 0 aromatic carbocycles. The van der Waals surface area contributed by atoms with E-state index >= 15 is 0 Å². The van der Waals surface area contributed by atoms with Crippen LogP contribution in [-0.4, -0.2) is 31.4 Å². The summed E-state index contributed by atoms with van der Waals surface area (Å²) in [6.45, 7) is 0.574. The SMILES string of the molecule is CN(C)C(CNC(=O)CCCCc1cccs1)c1ccco1. The number of rotatable bonds is 9. The van der Waals surface area contributed by atoms with Crippen LogP contribution in [0, 0.1) is 0 Å². The topological polar surface area (TPSA) is 45.5 Å². The van der Waals surface area contributed by atoms with E-state index in [1.807, 2.05) is 26.2 Å². The van der Waals surface area contributed by atoms with Gasteiger partial charge >= 0.3 is 0 Å². The van der Waals surface area contributed by atoms with Crippen LogP contribution in [0.25, 0.3) is 0 Å². The molecule has 0 saturated heterocycles. The molecule has 2 aromatic rings. The Bertz CT molecular complexity index is 535. The number of amides is 1. The van der Waals surface area contributed by atoms with Crippen LogP contribution in [0.5, 0.6) is 0 Å². The Balaban J connectivity index is 1.66. The lowest BCUT2D eigenvalue weighted by Gasteiger charge is -2.22. The van der Waals surface area contributed by atoms with E-state index in [1.54, 1.807) is 17.6 Å². The van der Waals surface area contributed by atoms with Gasteiger partial charge in [0.15, 0.2) is 0 Å². The predicted octanol–water partition coefficient (Wildman–Crippen LogP) is 3.47. The summed E-state index contributed by atoms with van der Waals surface area (Å²) < 4.78 is 5.44. The molecule has 2 rings (SSSR count). The molecule has 2 aromatic heterocycles. The number of nitrogens with one attached hydrogen (secondary N) is 1. The van der Waals surface area contributed by atoms with E-state index in [0.717, 1.165) is 25.0 Å². The summed E-state index contributed by atoms with van der Waals surface area (Å²) >= 11 is 1.78. The van der Waals surface area contributed by atoms with Crippen molar-refractivity contribution in [3.8, 4) is 0 Å². The Labute approximate surface area is 136 Å². The second-order valence-electron chi connectivity index (χ2n) is 5.59. The molecule has 1 unspecified atom stereocenters. The molecule has 0 bridgehead atoms. The summed E-state index contributed by atoms with van der Waals surface area (Å²) in [4.78, 5) is 15.4. The smallest absolute Gasteiger partial charge is 0.220 e. The Morgan fingerprint density at radius 3 is 2.82 bits per heavy atom. The van der Waals surface area contributed by atoms with Crippen LogP contribution in [0.3, 0.4) is 0 Å². The number of hydrogen-bond acceptors (Lipinski definition) is 4. The first kappa shape index (κ1) is 16.8. The number of furan rings is 1. The van der Waals surface area contributed by atoms with Crippen LogP contribution < -0.4 is 5.32 Å². The predicted molar refractivity (Wildman–Crippen MR) is 90.0 cm³/mol. The third kappa shape index (κ3) is 5.31. The van der Waals surface area contributed by atoms with Gasteiger partial charge in [0.2, 0.25) is 5.91 Å². The molecular formula is C17H24N2O2S. The van der Waals surface area contributed by atoms with Gasteiger partial charge in [-0.25, -0.2) is 0 Å². The largest absolute Gasteiger partial charge is 0.468 e. The third-order valence-corrected chi connectivity index (χ3v) is 4.58. The zero-order chi connectivity index (χ0) is 15.8. The summed E-state index contributed by atoms with van der Waals surface area (Å²) in [5, 5.41) is 5.10. The van der Waals surface area contributed by atoms with Gasteiger partial charge in [-0.2, -0.15) is 0 Å². The van der Waals surface area contributed by atoms with E-state index < -0.39 is 0 Å². The number of carbonyl (C=O) groups excluding carboxylic acids is 1. The first-order chi connectivity index (χ1) is 10.7. The van der Waals surface area contributed by atoms with Crippen LogP contribution in [0.1, 0.15) is 35.9 Å². The second kappa shape index (κ2) is 8.76. The minimum absolute atomic E-state index is 0.0741. The number of likely N-dealkylation sites (N-methyl/N-ethyl adjacent to an activating group) is 1. The Morgan fingerprint density at radius 1 is 1.32 bits per heavy atom. The molecule has 0 radical (unpaired) electrons. The fraction of sp³-hybridized carbons (Fsp3) is 0.471. The normalized spacial score (nSPS) is 12.5. The van der Waals surface area contributed by atoms with Crippen molar-refractivity contribution < 1.29 is 9.21 Å². The Hall–Kier alpha value is -1.59. The molecule has 0 aliphatic carbocycles. The monoisotopic (exact) mass is 320 g/mol. The minimum Gasteiger partial charge on any atom is -0.468 e. The second-order valence-corrected chi connectivity index (χ2v) is 6.62. The van der Waals surface area contributed by atoms with E-state index in [9.17, 15) is 4.79 Å². The van der Waals surface area contributed by atoms with Gasteiger partial charge in [0.25, 0.3) is 0 Å². The van der Waals surface area contributed by atoms with Crippen molar-refractivity contribution in [2.75, 3.05) is 20.6 Å². The lowest BCUT2D eigenvalue weighted by Crippen LogP contribution is -2.34. The molecule has 22 heavy (non-hydrogen) atoms. The van der Waals surface area contributed by atoms with Crippen LogP contribution in [0.15, 0.2) is 40.3 Å². The number of unbranched alkanes of at least 4 members (excludes halogenated alkanes) is 1. The zero-order valence-corrected chi connectivity index (χ0v) is 14.1. The molecule has 4 nitrogen and oxygen atoms in total. The van der Waals surface area contributed by atoms with Crippen LogP contribution >= 0.6 is 11.3 Å². The molecular weight excluding hydrogens is 296 g/mol. The maximum atomic E-state index is 11.9. The summed E-state index contributed by atoms with van der Waals surface area (Å²) in [6.07, 6.45) is 5.31. The lowest BCUT2D eigenvalue weighted by molar-refractivity contribution is -0.121. The molecule has 1 atom stereocenters. The molecule has 0 aliphatic heterocycles. The summed E-state index contributed by atoms with van der Waals surface area (Å²) in [6, 6.07) is 8.11. The highest BCUT2D eigenvalue weighted by atomic mass is 32.1. The summed E-state index contributed by atoms with van der Waals surface area (Å²) in [7, 11) is 3.97. The maximum Gasteiger partial charge on any atom is 0.220 e. The van der Waals surface area contributed by atoms with Gasteiger partial charge in [-0.1, -0.05) is 6.07 Å². The first-order valence-corrected chi connectivity index (χ1v) is 8.53. The van der Waals surface area contributed by atoms with Crippen molar-refractivity contribution in [3.63, 3.8) is 0 Å². The molecule has 0 fully saturated rings. The summed E-state index contributed by atoms with van der Waals surface area (Å²) in [5.41, 5.74) is 0. The number of nitrogens with zero attached hydrogens (tertiary/aromatic N) is 1. The molecule has 120 valence electrons. The highest BCUT2D eigenvalue weighted by Gasteiger charge is 2.17. The van der Waals surface area contributed by atoms with Gasteiger partial charge in [0, 0.05) is 17.8 Å². The highest BCUT2D eigenvalue weighted by Crippen LogP contribution is 2.17. The molecule has 0 aliphatic rings. The first-order valence-electron chi connectivity index (χ1n) is 7.65. The standard InChI is InChI=1S/C17H24N2O2S/c1-19(2)15(16-9-5-11-21-16)13-18-17(20)10-4-3-7-14-8-6-12-22-14/h5-6,8-9,11-12,15H,3-4,7,10,13H2,1-2H3,(H,18,20). The lowest BCUT2D eigenvalue weighted by atomic mass is 10.1. The number of carbonyl (C=O) groups is 1. The van der Waals surface area contributed by atoms with E-state index in [4.69, 9.17) is 4.42 Å². The van der Waals surface area contributed by atoms with Crippen molar-refractivity contribution in [1.82, 2.24) is 10.2 Å². The van der Waals surface area contributed by atoms with Gasteiger partial charge in [0.1, 0.15) is 5.76 Å². The number of thiophene rings is 1. The third-order valence-electron chi connectivity index (χ3n) is 3.64. The van der Waals surface area contributed by atoms with Gasteiger partial charge < -0.3 is 9.73 Å². The fourth-order valence-corrected chi connectivity index (χ4v) is 3.11. The number of aryl methyl sites for hydroxylation is 1. The Kier molecular flexibility index (Phi) is 6.68. The van der Waals surface area contributed by atoms with Crippen molar-refractivity contribution in [2.24, 2.45) is 0 Å². The van der Waals surface area contributed by atoms with E-state index in [1.165, 1.54) is 4.88 Å². The van der Waals surface area contributed by atoms with Crippen LogP contribution in [0.4, 0.5) is 0 Å². The summed E-state index contributed by atoms with van der Waals surface area (Å²) in [5.74, 6) is 0.993.